The van der Waals surface area contributed by atoms with Crippen LogP contribution in [0.3, 0.4) is 0 Å². The number of benzene rings is 1. The first-order valence-corrected chi connectivity index (χ1v) is 10.2. The molecule has 1 aromatic heterocycles. The summed E-state index contributed by atoms with van der Waals surface area (Å²) >= 11 is 0. The number of anilines is 2. The number of urea groups is 1. The van der Waals surface area contributed by atoms with Gasteiger partial charge >= 0.3 is 6.03 Å². The fraction of sp³-hybridized carbons (Fsp3) is 0.409. The lowest BCUT2D eigenvalue weighted by Gasteiger charge is -2.34. The lowest BCUT2D eigenvalue weighted by Crippen LogP contribution is -2.50. The van der Waals surface area contributed by atoms with Gasteiger partial charge in [0, 0.05) is 37.6 Å². The molecule has 30 heavy (non-hydrogen) atoms. The highest BCUT2D eigenvalue weighted by Gasteiger charge is 2.21. The van der Waals surface area contributed by atoms with Crippen LogP contribution in [0.5, 0.6) is 0 Å². The molecule has 0 radical (unpaired) electrons. The number of hydrogen-bond donors (Lipinski definition) is 2. The Hall–Kier alpha value is -3.13. The molecule has 3 amide bonds. The Morgan fingerprint density at radius 1 is 0.933 bits per heavy atom. The van der Waals surface area contributed by atoms with Gasteiger partial charge in [0.2, 0.25) is 5.91 Å². The Kier molecular flexibility index (Phi) is 6.89. The summed E-state index contributed by atoms with van der Waals surface area (Å²) in [5, 5.41) is 5.30. The number of piperazine rings is 1. The van der Waals surface area contributed by atoms with Crippen molar-refractivity contribution >= 4 is 23.3 Å². The van der Waals surface area contributed by atoms with Crippen molar-refractivity contribution in [2.24, 2.45) is 0 Å². The first kappa shape index (κ1) is 21.6. The van der Waals surface area contributed by atoms with E-state index in [9.17, 15) is 14.4 Å². The summed E-state index contributed by atoms with van der Waals surface area (Å²) < 4.78 is 1.41. The molecule has 160 valence electrons. The number of carbonyl (C=O) groups excluding carboxylic acids is 2. The standard InChI is InChI=1S/C22H29N5O3/c1-4-25-11-13-26(14-12-25)20(28)15-27-17(3)7-10-19(21(27)29)24-22(30)23-18-8-5-16(2)6-9-18/h5-10H,4,11-15H2,1-3H3,(H2,23,24,30). The van der Waals surface area contributed by atoms with Gasteiger partial charge in [0.15, 0.2) is 0 Å². The van der Waals surface area contributed by atoms with Gasteiger partial charge in [-0.05, 0) is 44.7 Å². The van der Waals surface area contributed by atoms with Gasteiger partial charge < -0.3 is 25.0 Å². The second kappa shape index (κ2) is 9.58. The maximum atomic E-state index is 12.9. The Balaban J connectivity index is 1.67. The highest BCUT2D eigenvalue weighted by molar-refractivity contribution is 5.99. The van der Waals surface area contributed by atoms with Crippen LogP contribution in [0.15, 0.2) is 41.2 Å². The van der Waals surface area contributed by atoms with Crippen molar-refractivity contribution in [3.8, 4) is 0 Å². The predicted molar refractivity (Wildman–Crippen MR) is 118 cm³/mol. The molecular weight excluding hydrogens is 382 g/mol. The molecule has 0 atom stereocenters. The van der Waals surface area contributed by atoms with Crippen LogP contribution in [-0.2, 0) is 11.3 Å². The zero-order valence-corrected chi connectivity index (χ0v) is 17.8. The van der Waals surface area contributed by atoms with E-state index in [0.29, 0.717) is 24.5 Å². The van der Waals surface area contributed by atoms with Gasteiger partial charge in [-0.25, -0.2) is 4.79 Å². The maximum Gasteiger partial charge on any atom is 0.323 e. The highest BCUT2D eigenvalue weighted by atomic mass is 16.2. The van der Waals surface area contributed by atoms with Gasteiger partial charge in [0.05, 0.1) is 0 Å². The van der Waals surface area contributed by atoms with Crippen LogP contribution in [0.2, 0.25) is 0 Å². The zero-order valence-electron chi connectivity index (χ0n) is 17.8. The summed E-state index contributed by atoms with van der Waals surface area (Å²) in [6.45, 7) is 9.80. The molecule has 1 saturated heterocycles. The van der Waals surface area contributed by atoms with Gasteiger partial charge in [-0.2, -0.15) is 0 Å². The molecule has 1 aromatic carbocycles. The van der Waals surface area contributed by atoms with Crippen LogP contribution in [0.4, 0.5) is 16.2 Å². The summed E-state index contributed by atoms with van der Waals surface area (Å²) in [4.78, 5) is 42.0. The molecule has 1 aliphatic heterocycles. The number of nitrogens with one attached hydrogen (secondary N) is 2. The van der Waals surface area contributed by atoms with Crippen LogP contribution >= 0.6 is 0 Å². The summed E-state index contributed by atoms with van der Waals surface area (Å²) in [6, 6.07) is 10.1. The monoisotopic (exact) mass is 411 g/mol. The Labute approximate surface area is 176 Å². The van der Waals surface area contributed by atoms with Gasteiger partial charge in [-0.15, -0.1) is 0 Å². The van der Waals surface area contributed by atoms with Crippen LogP contribution in [-0.4, -0.2) is 59.0 Å². The van der Waals surface area contributed by atoms with E-state index in [1.165, 1.54) is 4.57 Å². The van der Waals surface area contributed by atoms with Crippen LogP contribution in [0, 0.1) is 13.8 Å². The minimum Gasteiger partial charge on any atom is -0.339 e. The Morgan fingerprint density at radius 3 is 2.23 bits per heavy atom. The fourth-order valence-corrected chi connectivity index (χ4v) is 3.43. The average molecular weight is 412 g/mol. The molecule has 1 aliphatic rings. The smallest absolute Gasteiger partial charge is 0.323 e. The van der Waals surface area contributed by atoms with Crippen LogP contribution < -0.4 is 16.2 Å². The Morgan fingerprint density at radius 2 is 1.60 bits per heavy atom. The molecular formula is C22H29N5O3. The molecule has 2 heterocycles. The summed E-state index contributed by atoms with van der Waals surface area (Å²) in [7, 11) is 0. The molecule has 0 unspecified atom stereocenters. The molecule has 0 saturated carbocycles. The van der Waals surface area contributed by atoms with E-state index >= 15 is 0 Å². The van der Waals surface area contributed by atoms with Gasteiger partial charge in [-0.3, -0.25) is 9.59 Å². The number of pyridine rings is 1. The fourth-order valence-electron chi connectivity index (χ4n) is 3.43. The molecule has 2 aromatic rings. The second-order valence-electron chi connectivity index (χ2n) is 7.54. The molecule has 8 heteroatoms. The van der Waals surface area contributed by atoms with E-state index in [4.69, 9.17) is 0 Å². The second-order valence-corrected chi connectivity index (χ2v) is 7.54. The third kappa shape index (κ3) is 5.27. The maximum absolute atomic E-state index is 12.9. The number of rotatable bonds is 5. The predicted octanol–water partition coefficient (Wildman–Crippen LogP) is 2.27. The molecule has 3 rings (SSSR count). The van der Waals surface area contributed by atoms with Gasteiger partial charge in [0.25, 0.3) is 5.56 Å². The number of nitrogens with zero attached hydrogens (tertiary/aromatic N) is 3. The van der Waals surface area contributed by atoms with Crippen molar-refractivity contribution in [1.82, 2.24) is 14.4 Å². The highest BCUT2D eigenvalue weighted by Crippen LogP contribution is 2.10. The third-order valence-corrected chi connectivity index (χ3v) is 5.42. The van der Waals surface area contributed by atoms with Crippen molar-refractivity contribution in [1.29, 1.82) is 0 Å². The largest absolute Gasteiger partial charge is 0.339 e. The number of aromatic nitrogens is 1. The topological polar surface area (TPSA) is 86.7 Å². The lowest BCUT2D eigenvalue weighted by molar-refractivity contribution is -0.133. The van der Waals surface area contributed by atoms with Crippen LogP contribution in [0.1, 0.15) is 18.2 Å². The van der Waals surface area contributed by atoms with Crippen molar-refractivity contribution in [3.05, 3.63) is 58.0 Å². The minimum absolute atomic E-state index is 0.0358. The summed E-state index contributed by atoms with van der Waals surface area (Å²) in [5.41, 5.74) is 2.13. The third-order valence-electron chi connectivity index (χ3n) is 5.42. The molecule has 0 aliphatic carbocycles. The van der Waals surface area contributed by atoms with E-state index in [2.05, 4.69) is 22.5 Å². The van der Waals surface area contributed by atoms with E-state index in [-0.39, 0.29) is 18.1 Å². The molecule has 0 spiro atoms. The number of carbonyl (C=O) groups is 2. The quantitative estimate of drug-likeness (QED) is 0.790. The molecule has 2 N–H and O–H groups in total. The Bertz CT molecular complexity index is 960. The molecule has 8 nitrogen and oxygen atoms in total. The van der Waals surface area contributed by atoms with E-state index < -0.39 is 11.6 Å². The normalized spacial score (nSPS) is 14.4. The average Bonchev–Trinajstić information content (AvgIpc) is 2.74. The van der Waals surface area contributed by atoms with Crippen molar-refractivity contribution in [3.63, 3.8) is 0 Å². The number of amides is 3. The number of likely N-dealkylation sites (N-methyl/N-ethyl adjacent to an activating group) is 1. The van der Waals surface area contributed by atoms with Gasteiger partial charge in [0.1, 0.15) is 12.2 Å². The lowest BCUT2D eigenvalue weighted by atomic mass is 10.2. The summed E-state index contributed by atoms with van der Waals surface area (Å²) in [6.07, 6.45) is 0. The van der Waals surface area contributed by atoms with E-state index in [1.54, 1.807) is 36.1 Å². The first-order chi connectivity index (χ1) is 14.4. The SMILES string of the molecule is CCN1CCN(C(=O)Cn2c(C)ccc(NC(=O)Nc3ccc(C)cc3)c2=O)CC1. The van der Waals surface area contributed by atoms with Crippen molar-refractivity contribution < 1.29 is 9.59 Å². The van der Waals surface area contributed by atoms with E-state index in [0.717, 1.165) is 25.2 Å². The summed E-state index contributed by atoms with van der Waals surface area (Å²) in [5.74, 6) is -0.0859. The van der Waals surface area contributed by atoms with Gasteiger partial charge in [-0.1, -0.05) is 24.6 Å². The molecule has 0 bridgehead atoms. The number of hydrogen-bond acceptors (Lipinski definition) is 4. The van der Waals surface area contributed by atoms with Crippen LogP contribution in [0.25, 0.3) is 0 Å². The van der Waals surface area contributed by atoms with Crippen molar-refractivity contribution in [2.45, 2.75) is 27.3 Å². The first-order valence-electron chi connectivity index (χ1n) is 10.2. The van der Waals surface area contributed by atoms with E-state index in [1.807, 2.05) is 19.1 Å². The number of aryl methyl sites for hydroxylation is 2. The minimum atomic E-state index is -0.506. The van der Waals surface area contributed by atoms with Crippen molar-refractivity contribution in [2.75, 3.05) is 43.4 Å². The zero-order chi connectivity index (χ0) is 21.7. The molecule has 1 fully saturated rings.